The van der Waals surface area contributed by atoms with E-state index in [4.69, 9.17) is 23.2 Å². The average Bonchev–Trinajstić information content (AvgIpc) is 2.92. The molecule has 2 aromatic rings. The molecule has 12 heteroatoms. The highest BCUT2D eigenvalue weighted by Gasteiger charge is 2.29. The molecular weight excluding hydrogens is 450 g/mol. The molecule has 8 nitrogen and oxygen atoms in total. The topological polar surface area (TPSA) is 124 Å². The number of sulfonamides is 1. The minimum atomic E-state index is -4.47. The van der Waals surface area contributed by atoms with Crippen molar-refractivity contribution in [2.45, 2.75) is 11.3 Å². The highest BCUT2D eigenvalue weighted by atomic mass is 35.5. The molecule has 0 saturated carbocycles. The van der Waals surface area contributed by atoms with Crippen molar-refractivity contribution in [2.24, 2.45) is 0 Å². The van der Waals surface area contributed by atoms with E-state index in [-0.39, 0.29) is 33.0 Å². The minimum absolute atomic E-state index is 0.0819. The number of fused-ring (bicyclic) bond motifs is 1. The van der Waals surface area contributed by atoms with Gasteiger partial charge in [0.1, 0.15) is 0 Å². The van der Waals surface area contributed by atoms with Crippen molar-refractivity contribution in [2.75, 3.05) is 22.3 Å². The van der Waals surface area contributed by atoms with E-state index in [0.29, 0.717) is 11.3 Å². The van der Waals surface area contributed by atoms with E-state index >= 15 is 0 Å². The lowest BCUT2D eigenvalue weighted by atomic mass is 10.1. The number of hydrogen-bond donors (Lipinski definition) is 3. The number of anilines is 2. The summed E-state index contributed by atoms with van der Waals surface area (Å²) < 4.78 is 38.6. The van der Waals surface area contributed by atoms with Gasteiger partial charge in [-0.3, -0.25) is 13.7 Å². The molecule has 0 spiro atoms. The minimum Gasteiger partial charge on any atom is -0.326 e. The van der Waals surface area contributed by atoms with Gasteiger partial charge in [0.2, 0.25) is 5.91 Å². The van der Waals surface area contributed by atoms with Crippen molar-refractivity contribution < 1.29 is 27.6 Å². The Bertz CT molecular complexity index is 1080. The number of rotatable bonds is 6. The number of nitrogens with zero attached hydrogens (tertiary/aromatic N) is 1. The van der Waals surface area contributed by atoms with Gasteiger partial charge in [0, 0.05) is 22.3 Å². The third-order valence-electron chi connectivity index (χ3n) is 4.02. The smallest absolute Gasteiger partial charge is 0.326 e. The van der Waals surface area contributed by atoms with Gasteiger partial charge in [-0.1, -0.05) is 23.2 Å². The van der Waals surface area contributed by atoms with Crippen molar-refractivity contribution >= 4 is 58.1 Å². The average molecular weight is 465 g/mol. The van der Waals surface area contributed by atoms with E-state index in [9.17, 15) is 27.6 Å². The molecule has 1 aliphatic rings. The Kier molecular flexibility index (Phi) is 5.78. The predicted molar refractivity (Wildman–Crippen MR) is 107 cm³/mol. The van der Waals surface area contributed by atoms with E-state index < -0.39 is 30.3 Å². The third-order valence-corrected chi connectivity index (χ3v) is 7.04. The molecule has 1 heterocycles. The SMILES string of the molecule is O=C1Cc2cc(N(CCP(=O)(O)O)S(=O)(=O)c3cc(Cl)cc(Cl)c3)ccc2N1. The van der Waals surface area contributed by atoms with E-state index in [0.717, 1.165) is 4.31 Å². The maximum absolute atomic E-state index is 13.2. The van der Waals surface area contributed by atoms with Crippen molar-refractivity contribution in [3.8, 4) is 0 Å². The Hall–Kier alpha value is -1.61. The van der Waals surface area contributed by atoms with Crippen LogP contribution in [0.2, 0.25) is 10.0 Å². The van der Waals surface area contributed by atoms with Gasteiger partial charge < -0.3 is 15.1 Å². The number of amides is 1. The van der Waals surface area contributed by atoms with Crippen LogP contribution < -0.4 is 9.62 Å². The number of hydrogen-bond acceptors (Lipinski definition) is 4. The summed E-state index contributed by atoms with van der Waals surface area (Å²) in [5, 5.41) is 2.84. The first kappa shape index (κ1) is 21.1. The van der Waals surface area contributed by atoms with Gasteiger partial charge in [0.05, 0.1) is 23.2 Å². The second-order valence-corrected chi connectivity index (χ2v) is 10.6. The zero-order valence-corrected chi connectivity index (χ0v) is 17.4. The summed E-state index contributed by atoms with van der Waals surface area (Å²) in [6.07, 6.45) is -0.604. The van der Waals surface area contributed by atoms with Crippen LogP contribution in [-0.4, -0.2) is 36.8 Å². The number of benzene rings is 2. The fraction of sp³-hybridized carbons (Fsp3) is 0.188. The molecule has 0 unspecified atom stereocenters. The summed E-state index contributed by atoms with van der Waals surface area (Å²) >= 11 is 11.8. The van der Waals surface area contributed by atoms with E-state index in [1.807, 2.05) is 0 Å². The number of halogens is 2. The van der Waals surface area contributed by atoms with Crippen LogP contribution in [0.15, 0.2) is 41.3 Å². The first-order valence-electron chi connectivity index (χ1n) is 7.92. The highest BCUT2D eigenvalue weighted by molar-refractivity contribution is 7.92. The Labute approximate surface area is 171 Å². The lowest BCUT2D eigenvalue weighted by Crippen LogP contribution is -2.33. The first-order valence-corrected chi connectivity index (χ1v) is 11.9. The standard InChI is InChI=1S/C16H15Cl2N2O6PS/c17-11-7-12(18)9-14(8-11)28(25,26)20(3-4-27(22,23)24)13-1-2-15-10(5-13)6-16(21)19-15/h1-2,5,7-9H,3-4,6H2,(H,19,21)(H2,22,23,24). The maximum Gasteiger partial charge on any atom is 0.327 e. The zero-order valence-electron chi connectivity index (χ0n) is 14.2. The quantitative estimate of drug-likeness (QED) is 0.564. The van der Waals surface area contributed by atoms with Gasteiger partial charge in [-0.25, -0.2) is 8.42 Å². The van der Waals surface area contributed by atoms with Crippen molar-refractivity contribution in [1.29, 1.82) is 0 Å². The number of nitrogens with one attached hydrogen (secondary N) is 1. The molecule has 0 aliphatic carbocycles. The number of carbonyl (C=O) groups is 1. The molecule has 3 rings (SSSR count). The molecule has 2 aromatic carbocycles. The van der Waals surface area contributed by atoms with Crippen LogP contribution in [0.5, 0.6) is 0 Å². The molecule has 1 aliphatic heterocycles. The zero-order chi connectivity index (χ0) is 20.7. The molecular formula is C16H15Cl2N2O6PS. The fourth-order valence-electron chi connectivity index (χ4n) is 2.78. The van der Waals surface area contributed by atoms with Crippen LogP contribution in [0.3, 0.4) is 0 Å². The largest absolute Gasteiger partial charge is 0.327 e. The predicted octanol–water partition coefficient (Wildman–Crippen LogP) is 2.86. The van der Waals surface area contributed by atoms with Crippen LogP contribution >= 0.6 is 30.8 Å². The third kappa shape index (κ3) is 4.68. The molecule has 0 bridgehead atoms. The summed E-state index contributed by atoms with van der Waals surface area (Å²) in [6.45, 7) is -0.475. The molecule has 0 radical (unpaired) electrons. The normalized spacial score (nSPS) is 13.9. The summed E-state index contributed by atoms with van der Waals surface area (Å²) in [4.78, 5) is 29.8. The van der Waals surface area contributed by atoms with Crippen LogP contribution in [-0.2, 0) is 25.8 Å². The van der Waals surface area contributed by atoms with E-state index in [1.165, 1.54) is 30.3 Å². The van der Waals surface area contributed by atoms with Gasteiger partial charge in [-0.05, 0) is 42.0 Å². The first-order chi connectivity index (χ1) is 13.0. The maximum atomic E-state index is 13.2. The molecule has 0 saturated heterocycles. The molecule has 150 valence electrons. The van der Waals surface area contributed by atoms with Crippen LogP contribution in [0, 0.1) is 0 Å². The van der Waals surface area contributed by atoms with Gasteiger partial charge in [-0.15, -0.1) is 0 Å². The molecule has 0 aromatic heterocycles. The van der Waals surface area contributed by atoms with Gasteiger partial charge in [0.25, 0.3) is 10.0 Å². The Morgan fingerprint density at radius 1 is 1.11 bits per heavy atom. The van der Waals surface area contributed by atoms with Gasteiger partial charge >= 0.3 is 7.60 Å². The van der Waals surface area contributed by atoms with E-state index in [2.05, 4.69) is 5.32 Å². The Morgan fingerprint density at radius 2 is 1.75 bits per heavy atom. The summed E-state index contributed by atoms with van der Waals surface area (Å²) in [7, 11) is -8.71. The molecule has 1 amide bonds. The lowest BCUT2D eigenvalue weighted by molar-refractivity contribution is -0.115. The van der Waals surface area contributed by atoms with Crippen molar-refractivity contribution in [3.63, 3.8) is 0 Å². The summed E-state index contributed by atoms with van der Waals surface area (Å²) in [6, 6.07) is 8.26. The second-order valence-electron chi connectivity index (χ2n) is 6.14. The van der Waals surface area contributed by atoms with Gasteiger partial charge in [-0.2, -0.15) is 0 Å². The molecule has 0 atom stereocenters. The summed E-state index contributed by atoms with van der Waals surface area (Å²) in [5.74, 6) is -0.224. The Balaban J connectivity index is 2.08. The fourth-order valence-corrected chi connectivity index (χ4v) is 5.56. The van der Waals surface area contributed by atoms with Crippen molar-refractivity contribution in [3.05, 3.63) is 52.0 Å². The second kappa shape index (κ2) is 7.67. The van der Waals surface area contributed by atoms with E-state index in [1.54, 1.807) is 6.07 Å². The number of carbonyl (C=O) groups excluding carboxylic acids is 1. The van der Waals surface area contributed by atoms with Crippen LogP contribution in [0.1, 0.15) is 5.56 Å². The summed E-state index contributed by atoms with van der Waals surface area (Å²) in [5.41, 5.74) is 1.31. The van der Waals surface area contributed by atoms with Gasteiger partial charge in [0.15, 0.2) is 0 Å². The monoisotopic (exact) mass is 464 g/mol. The van der Waals surface area contributed by atoms with Crippen LogP contribution in [0.4, 0.5) is 11.4 Å². The highest BCUT2D eigenvalue weighted by Crippen LogP contribution is 2.37. The molecule has 3 N–H and O–H groups in total. The van der Waals surface area contributed by atoms with Crippen molar-refractivity contribution in [1.82, 2.24) is 0 Å². The molecule has 28 heavy (non-hydrogen) atoms. The Morgan fingerprint density at radius 3 is 2.36 bits per heavy atom. The lowest BCUT2D eigenvalue weighted by Gasteiger charge is -2.25. The van der Waals surface area contributed by atoms with Crippen LogP contribution in [0.25, 0.3) is 0 Å². The molecule has 0 fully saturated rings.